The predicted molar refractivity (Wildman–Crippen MR) is 60.1 cm³/mol. The molecular weight excluding hydrogens is 231 g/mol. The summed E-state index contributed by atoms with van der Waals surface area (Å²) in [5.74, 6) is -0.375. The molecule has 16 heavy (non-hydrogen) atoms. The van der Waals surface area contributed by atoms with Gasteiger partial charge in [-0.1, -0.05) is 17.7 Å². The highest BCUT2D eigenvalue weighted by molar-refractivity contribution is 6.31. The molecule has 1 aliphatic heterocycles. The highest BCUT2D eigenvalue weighted by Gasteiger charge is 2.40. The summed E-state index contributed by atoms with van der Waals surface area (Å²) in [6, 6.07) is 4.54. The first-order valence-corrected chi connectivity index (χ1v) is 5.67. The van der Waals surface area contributed by atoms with Gasteiger partial charge in [-0.3, -0.25) is 0 Å². The predicted octanol–water partition coefficient (Wildman–Crippen LogP) is 2.56. The normalized spacial score (nSPS) is 29.6. The van der Waals surface area contributed by atoms with E-state index >= 15 is 0 Å². The van der Waals surface area contributed by atoms with Crippen molar-refractivity contribution in [1.29, 1.82) is 0 Å². The molecule has 0 aromatic heterocycles. The number of ether oxygens (including phenoxy) is 1. The Balaban J connectivity index is 2.27. The number of hydrogen-bond donors (Lipinski definition) is 1. The van der Waals surface area contributed by atoms with Crippen LogP contribution in [0.3, 0.4) is 0 Å². The lowest BCUT2D eigenvalue weighted by atomic mass is 9.88. The molecule has 1 aliphatic rings. The second-order valence-corrected chi connectivity index (χ2v) is 4.65. The van der Waals surface area contributed by atoms with E-state index in [1.165, 1.54) is 6.07 Å². The largest absolute Gasteiger partial charge is 0.387 e. The van der Waals surface area contributed by atoms with Crippen molar-refractivity contribution in [3.63, 3.8) is 0 Å². The molecule has 1 N–H and O–H groups in total. The minimum atomic E-state index is -1.01. The molecule has 0 amide bonds. The van der Waals surface area contributed by atoms with Crippen LogP contribution in [0, 0.1) is 5.82 Å². The molecular formula is C12H14ClFO2. The van der Waals surface area contributed by atoms with Crippen molar-refractivity contribution in [2.24, 2.45) is 0 Å². The maximum Gasteiger partial charge on any atom is 0.127 e. The molecule has 1 fully saturated rings. The van der Waals surface area contributed by atoms with Crippen molar-refractivity contribution in [1.82, 2.24) is 0 Å². The second-order valence-electron chi connectivity index (χ2n) is 4.24. The zero-order valence-corrected chi connectivity index (χ0v) is 9.80. The molecule has 0 radical (unpaired) electrons. The smallest absolute Gasteiger partial charge is 0.127 e. The van der Waals surface area contributed by atoms with Gasteiger partial charge >= 0.3 is 0 Å². The van der Waals surface area contributed by atoms with Gasteiger partial charge in [0.05, 0.1) is 11.7 Å². The topological polar surface area (TPSA) is 29.5 Å². The van der Waals surface area contributed by atoms with Crippen LogP contribution in [0.15, 0.2) is 18.2 Å². The van der Waals surface area contributed by atoms with E-state index in [0.717, 1.165) is 0 Å². The lowest BCUT2D eigenvalue weighted by Gasteiger charge is -2.26. The van der Waals surface area contributed by atoms with E-state index in [9.17, 15) is 9.50 Å². The van der Waals surface area contributed by atoms with E-state index in [1.807, 2.05) is 0 Å². The van der Waals surface area contributed by atoms with Gasteiger partial charge in [0, 0.05) is 30.0 Å². The van der Waals surface area contributed by atoms with E-state index in [-0.39, 0.29) is 18.3 Å². The third kappa shape index (κ3) is 2.08. The zero-order valence-electron chi connectivity index (χ0n) is 9.04. The van der Waals surface area contributed by atoms with Crippen LogP contribution in [0.25, 0.3) is 0 Å². The van der Waals surface area contributed by atoms with Crippen molar-refractivity contribution in [3.8, 4) is 0 Å². The van der Waals surface area contributed by atoms with Gasteiger partial charge in [-0.05, 0) is 19.1 Å². The molecule has 2 nitrogen and oxygen atoms in total. The Morgan fingerprint density at radius 3 is 2.94 bits per heavy atom. The lowest BCUT2D eigenvalue weighted by Crippen LogP contribution is -2.38. The standard InChI is InChI=1S/C12H14ClFO2/c1-8-12(15,5-6-16-8)7-9-10(13)3-2-4-11(9)14/h2-4,8,15H,5-7H2,1H3. The minimum absolute atomic E-state index is 0.194. The van der Waals surface area contributed by atoms with E-state index in [4.69, 9.17) is 16.3 Å². The molecule has 88 valence electrons. The molecule has 1 heterocycles. The van der Waals surface area contributed by atoms with E-state index < -0.39 is 5.60 Å². The van der Waals surface area contributed by atoms with Gasteiger partial charge < -0.3 is 9.84 Å². The number of rotatable bonds is 2. The molecule has 2 unspecified atom stereocenters. The fourth-order valence-electron chi connectivity index (χ4n) is 2.01. The summed E-state index contributed by atoms with van der Waals surface area (Å²) in [5, 5.41) is 10.7. The minimum Gasteiger partial charge on any atom is -0.387 e. The van der Waals surface area contributed by atoms with Crippen molar-refractivity contribution >= 4 is 11.6 Å². The summed E-state index contributed by atoms with van der Waals surface area (Å²) in [5.41, 5.74) is -0.643. The Kier molecular flexibility index (Phi) is 3.19. The molecule has 0 saturated carbocycles. The van der Waals surface area contributed by atoms with E-state index in [2.05, 4.69) is 0 Å². The van der Waals surface area contributed by atoms with Crippen LogP contribution in [-0.2, 0) is 11.2 Å². The third-order valence-corrected chi connectivity index (χ3v) is 3.56. The molecule has 4 heteroatoms. The monoisotopic (exact) mass is 244 g/mol. The summed E-state index contributed by atoms with van der Waals surface area (Å²) < 4.78 is 18.9. The van der Waals surface area contributed by atoms with Crippen LogP contribution >= 0.6 is 11.6 Å². The molecule has 2 atom stereocenters. The molecule has 0 bridgehead atoms. The second kappa shape index (κ2) is 4.32. The third-order valence-electron chi connectivity index (χ3n) is 3.20. The average Bonchev–Trinajstić information content (AvgIpc) is 2.54. The van der Waals surface area contributed by atoms with Gasteiger partial charge in [0.2, 0.25) is 0 Å². The van der Waals surface area contributed by atoms with Gasteiger partial charge in [0.25, 0.3) is 0 Å². The highest BCUT2D eigenvalue weighted by Crippen LogP contribution is 2.32. The van der Waals surface area contributed by atoms with Gasteiger partial charge in [-0.2, -0.15) is 0 Å². The first-order valence-electron chi connectivity index (χ1n) is 5.30. The van der Waals surface area contributed by atoms with Crippen LogP contribution in [0.1, 0.15) is 18.9 Å². The molecule has 1 aromatic rings. The van der Waals surface area contributed by atoms with Crippen molar-refractivity contribution < 1.29 is 14.2 Å². The number of aliphatic hydroxyl groups is 1. The summed E-state index contributed by atoms with van der Waals surface area (Å²) in [6.07, 6.45) is 0.418. The average molecular weight is 245 g/mol. The summed E-state index contributed by atoms with van der Waals surface area (Å²) in [4.78, 5) is 0. The molecule has 1 saturated heterocycles. The Hall–Kier alpha value is -0.640. The van der Waals surface area contributed by atoms with Crippen LogP contribution in [0.4, 0.5) is 4.39 Å². The molecule has 2 rings (SSSR count). The Labute approximate surface area is 99.0 Å². The van der Waals surface area contributed by atoms with E-state index in [0.29, 0.717) is 23.6 Å². The Morgan fingerprint density at radius 1 is 1.62 bits per heavy atom. The first kappa shape index (κ1) is 11.8. The fraction of sp³-hybridized carbons (Fsp3) is 0.500. The Morgan fingerprint density at radius 2 is 2.38 bits per heavy atom. The molecule has 0 spiro atoms. The highest BCUT2D eigenvalue weighted by atomic mass is 35.5. The van der Waals surface area contributed by atoms with Crippen molar-refractivity contribution in [3.05, 3.63) is 34.6 Å². The van der Waals surface area contributed by atoms with Crippen LogP contribution < -0.4 is 0 Å². The SMILES string of the molecule is CC1OCCC1(O)Cc1c(F)cccc1Cl. The first-order chi connectivity index (χ1) is 7.53. The Bertz CT molecular complexity index is 376. The van der Waals surface area contributed by atoms with Crippen molar-refractivity contribution in [2.75, 3.05) is 6.61 Å². The van der Waals surface area contributed by atoms with Gasteiger partial charge in [-0.15, -0.1) is 0 Å². The summed E-state index contributed by atoms with van der Waals surface area (Å²) in [7, 11) is 0. The molecule has 1 aromatic carbocycles. The van der Waals surface area contributed by atoms with Crippen LogP contribution in [0.2, 0.25) is 5.02 Å². The fourth-order valence-corrected chi connectivity index (χ4v) is 2.24. The summed E-state index contributed by atoms with van der Waals surface area (Å²) >= 11 is 5.93. The van der Waals surface area contributed by atoms with Crippen LogP contribution in [0.5, 0.6) is 0 Å². The quantitative estimate of drug-likeness (QED) is 0.867. The number of benzene rings is 1. The lowest BCUT2D eigenvalue weighted by molar-refractivity contribution is -0.0273. The van der Waals surface area contributed by atoms with Crippen LogP contribution in [-0.4, -0.2) is 23.4 Å². The van der Waals surface area contributed by atoms with Gasteiger partial charge in [-0.25, -0.2) is 4.39 Å². The number of halogens is 2. The maximum absolute atomic E-state index is 13.6. The zero-order chi connectivity index (χ0) is 11.8. The van der Waals surface area contributed by atoms with Gasteiger partial charge in [0.1, 0.15) is 5.82 Å². The van der Waals surface area contributed by atoms with Crippen molar-refractivity contribution in [2.45, 2.75) is 31.5 Å². The van der Waals surface area contributed by atoms with Gasteiger partial charge in [0.15, 0.2) is 0 Å². The number of hydrogen-bond acceptors (Lipinski definition) is 2. The van der Waals surface area contributed by atoms with E-state index in [1.54, 1.807) is 19.1 Å². The maximum atomic E-state index is 13.6. The summed E-state index contributed by atoms with van der Waals surface area (Å²) in [6.45, 7) is 2.30. The molecule has 0 aliphatic carbocycles.